The lowest BCUT2D eigenvalue weighted by Crippen LogP contribution is -2.36. The molecule has 1 aromatic carbocycles. The van der Waals surface area contributed by atoms with Crippen LogP contribution in [0.1, 0.15) is 22.3 Å². The predicted octanol–water partition coefficient (Wildman–Crippen LogP) is 2.68. The maximum atomic E-state index is 13.1. The molecule has 0 radical (unpaired) electrons. The van der Waals surface area contributed by atoms with E-state index in [-0.39, 0.29) is 11.7 Å². The third kappa shape index (κ3) is 3.79. The summed E-state index contributed by atoms with van der Waals surface area (Å²) in [5.74, 6) is -0.276. The van der Waals surface area contributed by atoms with Crippen molar-refractivity contribution < 1.29 is 9.18 Å². The highest BCUT2D eigenvalue weighted by atomic mass is 79.9. The van der Waals surface area contributed by atoms with Gasteiger partial charge in [-0.1, -0.05) is 15.9 Å². The van der Waals surface area contributed by atoms with Crippen molar-refractivity contribution in [2.45, 2.75) is 13.3 Å². The maximum absolute atomic E-state index is 13.1. The Bertz CT molecular complexity index is 481. The molecule has 0 N–H and O–H groups in total. The molecule has 0 atom stereocenters. The molecule has 0 aliphatic carbocycles. The van der Waals surface area contributed by atoms with Gasteiger partial charge in [0, 0.05) is 37.1 Å². The molecule has 1 aliphatic heterocycles. The summed E-state index contributed by atoms with van der Waals surface area (Å²) in [7, 11) is 0. The zero-order valence-corrected chi connectivity index (χ0v) is 13.3. The Morgan fingerprint density at radius 2 is 2.10 bits per heavy atom. The number of carbonyl (C=O) groups is 1. The molecule has 0 unspecified atom stereocenters. The van der Waals surface area contributed by atoms with Crippen LogP contribution in [-0.4, -0.2) is 53.8 Å². The second-order valence-corrected chi connectivity index (χ2v) is 5.93. The van der Waals surface area contributed by atoms with E-state index >= 15 is 0 Å². The molecule has 2 rings (SSSR count). The van der Waals surface area contributed by atoms with Gasteiger partial charge < -0.3 is 9.80 Å². The molecule has 110 valence electrons. The number of halogens is 2. The van der Waals surface area contributed by atoms with Crippen LogP contribution in [0.3, 0.4) is 0 Å². The highest BCUT2D eigenvalue weighted by Crippen LogP contribution is 2.14. The average Bonchev–Trinajstić information content (AvgIpc) is 2.64. The van der Waals surface area contributed by atoms with Gasteiger partial charge in [0.15, 0.2) is 0 Å². The fourth-order valence-electron chi connectivity index (χ4n) is 2.55. The molecular formula is C15H20BrFN2O. The molecule has 5 heteroatoms. The molecule has 1 aliphatic rings. The summed E-state index contributed by atoms with van der Waals surface area (Å²) < 4.78 is 13.1. The number of aryl methyl sites for hydroxylation is 1. The first-order valence-electron chi connectivity index (χ1n) is 6.95. The number of hydrogen-bond donors (Lipinski definition) is 0. The first-order chi connectivity index (χ1) is 9.61. The molecule has 1 amide bonds. The van der Waals surface area contributed by atoms with Gasteiger partial charge in [0.25, 0.3) is 5.91 Å². The lowest BCUT2D eigenvalue weighted by Gasteiger charge is -2.22. The predicted molar refractivity (Wildman–Crippen MR) is 81.9 cm³/mol. The van der Waals surface area contributed by atoms with Crippen LogP contribution < -0.4 is 0 Å². The monoisotopic (exact) mass is 342 g/mol. The Labute approximate surface area is 127 Å². The average molecular weight is 343 g/mol. The number of hydrogen-bond acceptors (Lipinski definition) is 2. The second kappa shape index (κ2) is 7.18. The van der Waals surface area contributed by atoms with E-state index < -0.39 is 0 Å². The van der Waals surface area contributed by atoms with Gasteiger partial charge in [0.1, 0.15) is 5.82 Å². The summed E-state index contributed by atoms with van der Waals surface area (Å²) in [4.78, 5) is 16.8. The van der Waals surface area contributed by atoms with Crippen molar-refractivity contribution in [1.82, 2.24) is 9.80 Å². The second-order valence-electron chi connectivity index (χ2n) is 5.14. The largest absolute Gasteiger partial charge is 0.337 e. The molecule has 20 heavy (non-hydrogen) atoms. The summed E-state index contributed by atoms with van der Waals surface area (Å²) in [5.41, 5.74) is 1.32. The minimum absolute atomic E-state index is 0.0168. The highest BCUT2D eigenvalue weighted by molar-refractivity contribution is 9.09. The zero-order chi connectivity index (χ0) is 14.5. The van der Waals surface area contributed by atoms with Gasteiger partial charge in [0.2, 0.25) is 0 Å². The lowest BCUT2D eigenvalue weighted by atomic mass is 10.1. The van der Waals surface area contributed by atoms with Crippen LogP contribution >= 0.6 is 15.9 Å². The zero-order valence-electron chi connectivity index (χ0n) is 11.7. The lowest BCUT2D eigenvalue weighted by molar-refractivity contribution is 0.0761. The molecule has 1 saturated heterocycles. The fraction of sp³-hybridized carbons (Fsp3) is 0.533. The van der Waals surface area contributed by atoms with E-state index in [4.69, 9.17) is 0 Å². The van der Waals surface area contributed by atoms with Crippen molar-refractivity contribution in [3.05, 3.63) is 35.1 Å². The smallest absolute Gasteiger partial charge is 0.254 e. The van der Waals surface area contributed by atoms with Gasteiger partial charge in [-0.15, -0.1) is 0 Å². The Balaban J connectivity index is 2.05. The number of amides is 1. The van der Waals surface area contributed by atoms with Gasteiger partial charge in [-0.2, -0.15) is 0 Å². The van der Waals surface area contributed by atoms with Crippen LogP contribution in [0.2, 0.25) is 0 Å². The molecule has 1 heterocycles. The number of benzene rings is 1. The molecule has 1 aromatic rings. The first kappa shape index (κ1) is 15.4. The standard InChI is InChI=1S/C15H20BrFN2O/c1-12-11-13(17)3-4-14(12)15(20)19-7-2-6-18(8-5-16)9-10-19/h3-4,11H,2,5-10H2,1H3. The number of nitrogens with zero attached hydrogens (tertiary/aromatic N) is 2. The summed E-state index contributed by atoms with van der Waals surface area (Å²) >= 11 is 3.45. The molecule has 3 nitrogen and oxygen atoms in total. The van der Waals surface area contributed by atoms with Crippen LogP contribution in [-0.2, 0) is 0 Å². The van der Waals surface area contributed by atoms with Crippen molar-refractivity contribution in [1.29, 1.82) is 0 Å². The van der Waals surface area contributed by atoms with Crippen molar-refractivity contribution in [2.75, 3.05) is 38.1 Å². The van der Waals surface area contributed by atoms with E-state index in [1.54, 1.807) is 13.0 Å². The molecule has 0 bridgehead atoms. The molecule has 0 spiro atoms. The summed E-state index contributed by atoms with van der Waals surface area (Å²) in [6.07, 6.45) is 0.985. The third-order valence-electron chi connectivity index (χ3n) is 3.70. The topological polar surface area (TPSA) is 23.6 Å². The highest BCUT2D eigenvalue weighted by Gasteiger charge is 2.21. The van der Waals surface area contributed by atoms with Gasteiger partial charge in [-0.3, -0.25) is 4.79 Å². The van der Waals surface area contributed by atoms with E-state index in [9.17, 15) is 9.18 Å². The summed E-state index contributed by atoms with van der Waals surface area (Å²) in [6, 6.07) is 4.37. The Morgan fingerprint density at radius 3 is 2.80 bits per heavy atom. The van der Waals surface area contributed by atoms with Crippen molar-refractivity contribution in [3.63, 3.8) is 0 Å². The van der Waals surface area contributed by atoms with Crippen molar-refractivity contribution >= 4 is 21.8 Å². The van der Waals surface area contributed by atoms with Crippen molar-refractivity contribution in [2.24, 2.45) is 0 Å². The van der Waals surface area contributed by atoms with Gasteiger partial charge in [-0.05, 0) is 43.7 Å². The van der Waals surface area contributed by atoms with E-state index in [0.717, 1.165) is 44.5 Å². The molecule has 0 aromatic heterocycles. The quantitative estimate of drug-likeness (QED) is 0.788. The minimum atomic E-state index is -0.293. The van der Waals surface area contributed by atoms with Gasteiger partial charge in [0.05, 0.1) is 0 Å². The van der Waals surface area contributed by atoms with E-state index in [1.165, 1.54) is 12.1 Å². The van der Waals surface area contributed by atoms with Gasteiger partial charge >= 0.3 is 0 Å². The number of alkyl halides is 1. The van der Waals surface area contributed by atoms with E-state index in [0.29, 0.717) is 11.1 Å². The first-order valence-corrected chi connectivity index (χ1v) is 8.07. The van der Waals surface area contributed by atoms with E-state index in [2.05, 4.69) is 20.8 Å². The van der Waals surface area contributed by atoms with Crippen LogP contribution in [0, 0.1) is 12.7 Å². The number of rotatable bonds is 3. The van der Waals surface area contributed by atoms with Gasteiger partial charge in [-0.25, -0.2) is 4.39 Å². The summed E-state index contributed by atoms with van der Waals surface area (Å²) in [5, 5.41) is 0.956. The minimum Gasteiger partial charge on any atom is -0.337 e. The molecule has 0 saturated carbocycles. The maximum Gasteiger partial charge on any atom is 0.254 e. The number of carbonyl (C=O) groups excluding carboxylic acids is 1. The normalized spacial score (nSPS) is 17.1. The SMILES string of the molecule is Cc1cc(F)ccc1C(=O)N1CCCN(CCBr)CC1. The third-order valence-corrected chi connectivity index (χ3v) is 4.05. The Kier molecular flexibility index (Phi) is 5.54. The molecule has 1 fully saturated rings. The molecular weight excluding hydrogens is 323 g/mol. The van der Waals surface area contributed by atoms with Crippen LogP contribution in [0.4, 0.5) is 4.39 Å². The Hall–Kier alpha value is -0.940. The van der Waals surface area contributed by atoms with E-state index in [1.807, 2.05) is 4.90 Å². The van der Waals surface area contributed by atoms with Crippen LogP contribution in [0.25, 0.3) is 0 Å². The van der Waals surface area contributed by atoms with Crippen molar-refractivity contribution in [3.8, 4) is 0 Å². The fourth-order valence-corrected chi connectivity index (χ4v) is 3.06. The summed E-state index contributed by atoms with van der Waals surface area (Å²) in [6.45, 7) is 6.23. The Morgan fingerprint density at radius 1 is 1.30 bits per heavy atom. The van der Waals surface area contributed by atoms with Crippen LogP contribution in [0.5, 0.6) is 0 Å². The van der Waals surface area contributed by atoms with Crippen LogP contribution in [0.15, 0.2) is 18.2 Å².